The molecular weight excluding hydrogens is 234 g/mol. The molecule has 0 aromatic heterocycles. The smallest absolute Gasteiger partial charge is 0.119 e. The number of benzene rings is 1. The predicted molar refractivity (Wildman–Crippen MR) is 80.8 cm³/mol. The van der Waals surface area contributed by atoms with Gasteiger partial charge in [0.25, 0.3) is 0 Å². The molecule has 1 fully saturated rings. The van der Waals surface area contributed by atoms with Gasteiger partial charge in [0.15, 0.2) is 0 Å². The van der Waals surface area contributed by atoms with Crippen molar-refractivity contribution in [2.75, 3.05) is 19.7 Å². The zero-order valence-corrected chi connectivity index (χ0v) is 12.5. The first kappa shape index (κ1) is 14.4. The minimum Gasteiger partial charge on any atom is -0.494 e. The van der Waals surface area contributed by atoms with Crippen molar-refractivity contribution in [3.8, 4) is 5.75 Å². The summed E-state index contributed by atoms with van der Waals surface area (Å²) in [6.45, 7) is 9.91. The number of nitrogens with one attached hydrogen (secondary N) is 1. The molecule has 0 aliphatic carbocycles. The summed E-state index contributed by atoms with van der Waals surface area (Å²) in [5.41, 5.74) is 1.48. The molecule has 0 saturated carbocycles. The fourth-order valence-corrected chi connectivity index (χ4v) is 3.03. The molecule has 1 aromatic rings. The van der Waals surface area contributed by atoms with Crippen molar-refractivity contribution in [1.82, 2.24) is 5.32 Å². The Morgan fingerprint density at radius 2 is 2.00 bits per heavy atom. The minimum atomic E-state index is 0.696. The van der Waals surface area contributed by atoms with Gasteiger partial charge in [-0.15, -0.1) is 0 Å². The van der Waals surface area contributed by atoms with Crippen molar-refractivity contribution in [2.24, 2.45) is 11.8 Å². The molecule has 2 rings (SSSR count). The number of rotatable bonds is 5. The average molecular weight is 261 g/mol. The van der Waals surface area contributed by atoms with Gasteiger partial charge in [-0.3, -0.25) is 0 Å². The van der Waals surface area contributed by atoms with E-state index in [2.05, 4.69) is 50.4 Å². The number of hydrogen-bond acceptors (Lipinski definition) is 2. The predicted octanol–water partition coefficient (Wildman–Crippen LogP) is 3.82. The summed E-state index contributed by atoms with van der Waals surface area (Å²) in [5, 5.41) is 3.53. The lowest BCUT2D eigenvalue weighted by molar-refractivity contribution is 0.255. The third kappa shape index (κ3) is 3.73. The van der Waals surface area contributed by atoms with E-state index in [1.165, 1.54) is 12.0 Å². The van der Waals surface area contributed by atoms with E-state index < -0.39 is 0 Å². The standard InChI is InChI=1S/C17H27NO/c1-4-11-19-15-7-5-14(6-8-15)16-9-10-18-12-17(16)13(2)3/h5-8,13,16-18H,4,9-12H2,1-3H3. The molecule has 19 heavy (non-hydrogen) atoms. The van der Waals surface area contributed by atoms with Crippen LogP contribution in [0.25, 0.3) is 0 Å². The molecule has 2 atom stereocenters. The highest BCUT2D eigenvalue weighted by atomic mass is 16.5. The molecule has 1 heterocycles. The Balaban J connectivity index is 2.07. The molecule has 1 aliphatic heterocycles. The number of hydrogen-bond donors (Lipinski definition) is 1. The summed E-state index contributed by atoms with van der Waals surface area (Å²) in [6.07, 6.45) is 2.31. The van der Waals surface area contributed by atoms with E-state index in [0.717, 1.165) is 43.7 Å². The van der Waals surface area contributed by atoms with Crippen LogP contribution in [0, 0.1) is 11.8 Å². The van der Waals surface area contributed by atoms with Gasteiger partial charge in [-0.1, -0.05) is 32.9 Å². The van der Waals surface area contributed by atoms with Crippen LogP contribution >= 0.6 is 0 Å². The minimum absolute atomic E-state index is 0.696. The van der Waals surface area contributed by atoms with Gasteiger partial charge in [-0.2, -0.15) is 0 Å². The van der Waals surface area contributed by atoms with Crippen molar-refractivity contribution in [1.29, 1.82) is 0 Å². The van der Waals surface area contributed by atoms with E-state index in [0.29, 0.717) is 5.92 Å². The molecule has 2 nitrogen and oxygen atoms in total. The maximum absolute atomic E-state index is 5.66. The molecule has 1 aromatic carbocycles. The van der Waals surface area contributed by atoms with E-state index in [4.69, 9.17) is 4.74 Å². The molecule has 1 N–H and O–H groups in total. The Labute approximate surface area is 117 Å². The molecule has 0 radical (unpaired) electrons. The molecular formula is C17H27NO. The summed E-state index contributed by atoms with van der Waals surface area (Å²) in [6, 6.07) is 8.78. The first-order chi connectivity index (χ1) is 9.22. The van der Waals surface area contributed by atoms with Crippen molar-refractivity contribution in [3.63, 3.8) is 0 Å². The lowest BCUT2D eigenvalue weighted by Crippen LogP contribution is -2.38. The topological polar surface area (TPSA) is 21.3 Å². The van der Waals surface area contributed by atoms with Crippen molar-refractivity contribution in [3.05, 3.63) is 29.8 Å². The molecule has 106 valence electrons. The Hall–Kier alpha value is -1.02. The van der Waals surface area contributed by atoms with Gasteiger partial charge < -0.3 is 10.1 Å². The molecule has 2 unspecified atom stereocenters. The average Bonchev–Trinajstić information content (AvgIpc) is 2.45. The van der Waals surface area contributed by atoms with Crippen LogP contribution in [0.5, 0.6) is 5.75 Å². The van der Waals surface area contributed by atoms with E-state index in [9.17, 15) is 0 Å². The summed E-state index contributed by atoms with van der Waals surface area (Å²) < 4.78 is 5.66. The van der Waals surface area contributed by atoms with E-state index in [-0.39, 0.29) is 0 Å². The van der Waals surface area contributed by atoms with E-state index in [1.54, 1.807) is 0 Å². The van der Waals surface area contributed by atoms with Gasteiger partial charge in [-0.25, -0.2) is 0 Å². The molecule has 1 saturated heterocycles. The van der Waals surface area contributed by atoms with Gasteiger partial charge >= 0.3 is 0 Å². The zero-order valence-electron chi connectivity index (χ0n) is 12.5. The number of piperidine rings is 1. The van der Waals surface area contributed by atoms with Gasteiger partial charge in [0.1, 0.15) is 5.75 Å². The van der Waals surface area contributed by atoms with Crippen LogP contribution in [0.3, 0.4) is 0 Å². The lowest BCUT2D eigenvalue weighted by Gasteiger charge is -2.35. The highest BCUT2D eigenvalue weighted by Crippen LogP contribution is 2.35. The maximum Gasteiger partial charge on any atom is 0.119 e. The first-order valence-electron chi connectivity index (χ1n) is 7.65. The van der Waals surface area contributed by atoms with Crippen LogP contribution < -0.4 is 10.1 Å². The van der Waals surface area contributed by atoms with Crippen LogP contribution in [0.4, 0.5) is 0 Å². The van der Waals surface area contributed by atoms with Crippen molar-refractivity contribution in [2.45, 2.75) is 39.5 Å². The quantitative estimate of drug-likeness (QED) is 0.870. The monoisotopic (exact) mass is 261 g/mol. The van der Waals surface area contributed by atoms with Crippen molar-refractivity contribution < 1.29 is 4.74 Å². The second-order valence-electron chi connectivity index (χ2n) is 5.92. The Morgan fingerprint density at radius 1 is 1.26 bits per heavy atom. The summed E-state index contributed by atoms with van der Waals surface area (Å²) in [5.74, 6) is 3.17. The fourth-order valence-electron chi connectivity index (χ4n) is 3.03. The number of ether oxygens (including phenoxy) is 1. The Bertz CT molecular complexity index is 371. The Morgan fingerprint density at radius 3 is 2.63 bits per heavy atom. The summed E-state index contributed by atoms with van der Waals surface area (Å²) in [4.78, 5) is 0. The second-order valence-corrected chi connectivity index (χ2v) is 5.92. The summed E-state index contributed by atoms with van der Waals surface area (Å²) in [7, 11) is 0. The molecule has 0 bridgehead atoms. The van der Waals surface area contributed by atoms with Gasteiger partial charge in [-0.05, 0) is 61.4 Å². The summed E-state index contributed by atoms with van der Waals surface area (Å²) >= 11 is 0. The van der Waals surface area contributed by atoms with Crippen molar-refractivity contribution >= 4 is 0 Å². The highest BCUT2D eigenvalue weighted by Gasteiger charge is 2.28. The largest absolute Gasteiger partial charge is 0.494 e. The van der Waals surface area contributed by atoms with Crippen LogP contribution in [-0.4, -0.2) is 19.7 Å². The lowest BCUT2D eigenvalue weighted by atomic mass is 9.75. The van der Waals surface area contributed by atoms with Crippen LogP contribution in [-0.2, 0) is 0 Å². The Kier molecular flexibility index (Phi) is 5.26. The molecule has 0 amide bonds. The zero-order chi connectivity index (χ0) is 13.7. The van der Waals surface area contributed by atoms with E-state index in [1.807, 2.05) is 0 Å². The van der Waals surface area contributed by atoms with Crippen LogP contribution in [0.2, 0.25) is 0 Å². The van der Waals surface area contributed by atoms with Crippen LogP contribution in [0.15, 0.2) is 24.3 Å². The maximum atomic E-state index is 5.66. The van der Waals surface area contributed by atoms with Gasteiger partial charge in [0.2, 0.25) is 0 Å². The highest BCUT2D eigenvalue weighted by molar-refractivity contribution is 5.30. The SMILES string of the molecule is CCCOc1ccc(C2CCNCC2C(C)C)cc1. The molecule has 1 aliphatic rings. The second kappa shape index (κ2) is 6.95. The van der Waals surface area contributed by atoms with E-state index >= 15 is 0 Å². The normalized spacial score (nSPS) is 23.6. The molecule has 2 heteroatoms. The first-order valence-corrected chi connectivity index (χ1v) is 7.65. The van der Waals surface area contributed by atoms with Gasteiger partial charge in [0, 0.05) is 0 Å². The molecule has 0 spiro atoms. The third-order valence-electron chi connectivity index (χ3n) is 4.17. The van der Waals surface area contributed by atoms with Crippen LogP contribution in [0.1, 0.15) is 45.1 Å². The fraction of sp³-hybridized carbons (Fsp3) is 0.647. The third-order valence-corrected chi connectivity index (χ3v) is 4.17. The van der Waals surface area contributed by atoms with Gasteiger partial charge in [0.05, 0.1) is 6.61 Å².